The van der Waals surface area contributed by atoms with E-state index in [4.69, 9.17) is 5.73 Å². The molecule has 146 valence electrons. The molecule has 4 nitrogen and oxygen atoms in total. The second-order valence-electron chi connectivity index (χ2n) is 7.15. The van der Waals surface area contributed by atoms with Gasteiger partial charge in [-0.2, -0.15) is 0 Å². The number of halogens is 2. The topological polar surface area (TPSA) is 58.4 Å². The van der Waals surface area contributed by atoms with Crippen molar-refractivity contribution in [3.05, 3.63) is 35.9 Å². The molecule has 1 aromatic carbocycles. The lowest BCUT2D eigenvalue weighted by molar-refractivity contribution is -0.124. The van der Waals surface area contributed by atoms with Crippen molar-refractivity contribution < 1.29 is 4.79 Å². The number of nitrogens with zero attached hydrogens (tertiary/aromatic N) is 1. The molecule has 0 saturated heterocycles. The summed E-state index contributed by atoms with van der Waals surface area (Å²) in [6.07, 6.45) is 0.924. The van der Waals surface area contributed by atoms with E-state index in [1.165, 1.54) is 5.56 Å². The van der Waals surface area contributed by atoms with E-state index in [0.29, 0.717) is 6.54 Å². The van der Waals surface area contributed by atoms with Crippen molar-refractivity contribution >= 4 is 30.7 Å². The van der Waals surface area contributed by atoms with Crippen molar-refractivity contribution in [1.29, 1.82) is 0 Å². The van der Waals surface area contributed by atoms with Crippen LogP contribution in [0, 0.1) is 5.41 Å². The SMILES string of the molecule is CCN(CC)C(CNC(=O)[C@@H](N)C(C)(C)C)Cc1ccccc1.Cl.Cl. The fraction of sp³-hybridized carbons (Fsp3) is 0.632. The molecule has 2 atom stereocenters. The minimum atomic E-state index is -0.489. The molecule has 1 amide bonds. The second kappa shape index (κ2) is 12.5. The van der Waals surface area contributed by atoms with Crippen LogP contribution in [0.3, 0.4) is 0 Å². The predicted octanol–water partition coefficient (Wildman–Crippen LogP) is 3.27. The highest BCUT2D eigenvalue weighted by atomic mass is 35.5. The molecular weight excluding hydrogens is 357 g/mol. The fourth-order valence-corrected chi connectivity index (χ4v) is 2.68. The van der Waals surface area contributed by atoms with Gasteiger partial charge in [0, 0.05) is 12.6 Å². The van der Waals surface area contributed by atoms with Gasteiger partial charge in [-0.1, -0.05) is 65.0 Å². The van der Waals surface area contributed by atoms with E-state index in [2.05, 4.69) is 48.3 Å². The van der Waals surface area contributed by atoms with Gasteiger partial charge in [0.25, 0.3) is 0 Å². The molecule has 0 radical (unpaired) electrons. The predicted molar refractivity (Wildman–Crippen MR) is 112 cm³/mol. The third-order valence-electron chi connectivity index (χ3n) is 4.37. The van der Waals surface area contributed by atoms with Crippen molar-refractivity contribution in [3.63, 3.8) is 0 Å². The maximum Gasteiger partial charge on any atom is 0.237 e. The molecule has 3 N–H and O–H groups in total. The summed E-state index contributed by atoms with van der Waals surface area (Å²) in [6.45, 7) is 12.8. The van der Waals surface area contributed by atoms with Crippen LogP contribution in [0.4, 0.5) is 0 Å². The first kappa shape index (κ1) is 26.4. The van der Waals surface area contributed by atoms with Gasteiger partial charge in [-0.15, -0.1) is 24.8 Å². The summed E-state index contributed by atoms with van der Waals surface area (Å²) >= 11 is 0. The van der Waals surface area contributed by atoms with Crippen LogP contribution in [0.2, 0.25) is 0 Å². The number of hydrogen-bond acceptors (Lipinski definition) is 3. The quantitative estimate of drug-likeness (QED) is 0.714. The highest BCUT2D eigenvalue weighted by Gasteiger charge is 2.28. The summed E-state index contributed by atoms with van der Waals surface area (Å²) in [5.41, 5.74) is 7.11. The number of nitrogens with one attached hydrogen (secondary N) is 1. The third kappa shape index (κ3) is 8.91. The summed E-state index contributed by atoms with van der Waals surface area (Å²) in [5.74, 6) is -0.0669. The molecule has 0 spiro atoms. The number of likely N-dealkylation sites (N-methyl/N-ethyl adjacent to an activating group) is 1. The minimum absolute atomic E-state index is 0. The zero-order valence-electron chi connectivity index (χ0n) is 16.1. The Morgan fingerprint density at radius 1 is 1.12 bits per heavy atom. The van der Waals surface area contributed by atoms with Gasteiger partial charge < -0.3 is 11.1 Å². The highest BCUT2D eigenvalue weighted by molar-refractivity contribution is 5.85. The Morgan fingerprint density at radius 2 is 1.64 bits per heavy atom. The van der Waals surface area contributed by atoms with Crippen LogP contribution in [0.15, 0.2) is 30.3 Å². The van der Waals surface area contributed by atoms with Gasteiger partial charge in [0.05, 0.1) is 6.04 Å². The highest BCUT2D eigenvalue weighted by Crippen LogP contribution is 2.17. The number of carbonyl (C=O) groups is 1. The molecule has 1 aromatic rings. The molecule has 6 heteroatoms. The molecular formula is C19H35Cl2N3O. The Morgan fingerprint density at radius 3 is 2.08 bits per heavy atom. The van der Waals surface area contributed by atoms with E-state index in [0.717, 1.165) is 19.5 Å². The van der Waals surface area contributed by atoms with Crippen molar-refractivity contribution in [3.8, 4) is 0 Å². The summed E-state index contributed by atoms with van der Waals surface area (Å²) < 4.78 is 0. The van der Waals surface area contributed by atoms with Crippen molar-refractivity contribution in [1.82, 2.24) is 10.2 Å². The number of amides is 1. The molecule has 0 saturated carbocycles. The zero-order chi connectivity index (χ0) is 17.5. The van der Waals surface area contributed by atoms with Crippen LogP contribution >= 0.6 is 24.8 Å². The molecule has 0 heterocycles. The number of benzene rings is 1. The average Bonchev–Trinajstić information content (AvgIpc) is 2.52. The van der Waals surface area contributed by atoms with Crippen LogP contribution < -0.4 is 11.1 Å². The molecule has 0 aliphatic heterocycles. The van der Waals surface area contributed by atoms with E-state index in [1.807, 2.05) is 26.8 Å². The molecule has 0 aliphatic carbocycles. The Balaban J connectivity index is 0. The number of nitrogens with two attached hydrogens (primary N) is 1. The lowest BCUT2D eigenvalue weighted by atomic mass is 9.87. The number of hydrogen-bond donors (Lipinski definition) is 2. The van der Waals surface area contributed by atoms with Gasteiger partial charge in [0.2, 0.25) is 5.91 Å². The fourth-order valence-electron chi connectivity index (χ4n) is 2.68. The van der Waals surface area contributed by atoms with Crippen molar-refractivity contribution in [2.45, 2.75) is 53.1 Å². The summed E-state index contributed by atoms with van der Waals surface area (Å²) in [5, 5.41) is 3.05. The van der Waals surface area contributed by atoms with E-state index in [9.17, 15) is 4.79 Å². The van der Waals surface area contributed by atoms with E-state index in [1.54, 1.807) is 0 Å². The van der Waals surface area contributed by atoms with Gasteiger partial charge >= 0.3 is 0 Å². The Hall–Kier alpha value is -0.810. The van der Waals surface area contributed by atoms with Gasteiger partial charge in [-0.05, 0) is 30.5 Å². The summed E-state index contributed by atoms with van der Waals surface area (Å²) in [4.78, 5) is 14.7. The normalized spacial score (nSPS) is 13.4. The zero-order valence-corrected chi connectivity index (χ0v) is 17.8. The maximum absolute atomic E-state index is 12.3. The van der Waals surface area contributed by atoms with Crippen molar-refractivity contribution in [2.75, 3.05) is 19.6 Å². The average molecular weight is 392 g/mol. The Labute approximate surface area is 165 Å². The molecule has 25 heavy (non-hydrogen) atoms. The summed E-state index contributed by atoms with van der Waals surface area (Å²) in [6, 6.07) is 10.2. The molecule has 0 bridgehead atoms. The van der Waals surface area contributed by atoms with Crippen molar-refractivity contribution in [2.24, 2.45) is 11.1 Å². The van der Waals surface area contributed by atoms with Gasteiger partial charge in [-0.3, -0.25) is 9.69 Å². The van der Waals surface area contributed by atoms with Crippen LogP contribution in [-0.2, 0) is 11.2 Å². The molecule has 1 rings (SSSR count). The molecule has 0 aromatic heterocycles. The van der Waals surface area contributed by atoms with E-state index < -0.39 is 6.04 Å². The lowest BCUT2D eigenvalue weighted by Crippen LogP contribution is -2.52. The monoisotopic (exact) mass is 391 g/mol. The van der Waals surface area contributed by atoms with Crippen LogP contribution in [0.25, 0.3) is 0 Å². The third-order valence-corrected chi connectivity index (χ3v) is 4.37. The standard InChI is InChI=1S/C19H33N3O.2ClH/c1-6-22(7-2)16(13-15-11-9-8-10-12-15)14-21-18(23)17(20)19(3,4)5;;/h8-12,16-17H,6-7,13-14,20H2,1-5H3,(H,21,23);2*1H/t16?,17-;;/m1../s1. The van der Waals surface area contributed by atoms with Crippen LogP contribution in [-0.4, -0.2) is 42.5 Å². The molecule has 0 fully saturated rings. The van der Waals surface area contributed by atoms with Gasteiger partial charge in [-0.25, -0.2) is 0 Å². The first-order valence-corrected chi connectivity index (χ1v) is 8.60. The molecule has 0 aliphatic rings. The molecule has 1 unspecified atom stereocenters. The van der Waals surface area contributed by atoms with Gasteiger partial charge in [0.15, 0.2) is 0 Å². The Kier molecular flexibility index (Phi) is 13.2. The van der Waals surface area contributed by atoms with Crippen LogP contribution in [0.5, 0.6) is 0 Å². The number of carbonyl (C=O) groups excluding carboxylic acids is 1. The van der Waals surface area contributed by atoms with E-state index in [-0.39, 0.29) is 42.2 Å². The largest absolute Gasteiger partial charge is 0.353 e. The smallest absolute Gasteiger partial charge is 0.237 e. The first-order chi connectivity index (χ1) is 10.8. The first-order valence-electron chi connectivity index (χ1n) is 8.60. The number of rotatable bonds is 8. The Bertz CT molecular complexity index is 473. The minimum Gasteiger partial charge on any atom is -0.353 e. The lowest BCUT2D eigenvalue weighted by Gasteiger charge is -2.32. The summed E-state index contributed by atoms with van der Waals surface area (Å²) in [7, 11) is 0. The van der Waals surface area contributed by atoms with Crippen LogP contribution in [0.1, 0.15) is 40.2 Å². The van der Waals surface area contributed by atoms with Gasteiger partial charge in [0.1, 0.15) is 0 Å². The maximum atomic E-state index is 12.3. The second-order valence-corrected chi connectivity index (χ2v) is 7.15. The van der Waals surface area contributed by atoms with E-state index >= 15 is 0 Å².